The molecule has 1 heterocycles. The van der Waals surface area contributed by atoms with Gasteiger partial charge in [-0.1, -0.05) is 26.0 Å². The Hall–Kier alpha value is -1.62. The van der Waals surface area contributed by atoms with Gasteiger partial charge in [0.15, 0.2) is 0 Å². The normalized spacial score (nSPS) is 26.0. The molecule has 0 aromatic carbocycles. The standard InChI is InChI=1S/C17H28N2O3/c1-7-9-10-17(13(8-2)11-20)16(22-6)18-14(12(3)4)15(19-17)21-5/h7-8,12-14,20H,1-2,9-11H2,3-6H3/t13-,14-,17+/m1/s1. The molecule has 3 atom stereocenters. The van der Waals surface area contributed by atoms with Gasteiger partial charge >= 0.3 is 0 Å². The van der Waals surface area contributed by atoms with Crippen molar-refractivity contribution in [2.24, 2.45) is 21.8 Å². The van der Waals surface area contributed by atoms with E-state index in [0.29, 0.717) is 18.2 Å². The van der Waals surface area contributed by atoms with Crippen LogP contribution in [0, 0.1) is 11.8 Å². The molecule has 5 heteroatoms. The molecule has 0 saturated heterocycles. The summed E-state index contributed by atoms with van der Waals surface area (Å²) in [5.41, 5.74) is -0.795. The van der Waals surface area contributed by atoms with Gasteiger partial charge in [-0.3, -0.25) is 0 Å². The van der Waals surface area contributed by atoms with Gasteiger partial charge in [0.05, 0.1) is 20.8 Å². The number of hydrogen-bond donors (Lipinski definition) is 1. The van der Waals surface area contributed by atoms with E-state index in [9.17, 15) is 5.11 Å². The van der Waals surface area contributed by atoms with Gasteiger partial charge in [-0.05, 0) is 18.8 Å². The van der Waals surface area contributed by atoms with E-state index in [2.05, 4.69) is 27.0 Å². The fourth-order valence-corrected chi connectivity index (χ4v) is 2.77. The monoisotopic (exact) mass is 308 g/mol. The second kappa shape index (κ2) is 8.13. The summed E-state index contributed by atoms with van der Waals surface area (Å²) >= 11 is 0. The van der Waals surface area contributed by atoms with Crippen molar-refractivity contribution < 1.29 is 14.6 Å². The lowest BCUT2D eigenvalue weighted by Gasteiger charge is -2.39. The first kappa shape index (κ1) is 18.4. The molecule has 0 aliphatic carbocycles. The van der Waals surface area contributed by atoms with Crippen LogP contribution in [0.3, 0.4) is 0 Å². The Labute approximate surface area is 133 Å². The maximum atomic E-state index is 9.77. The van der Waals surface area contributed by atoms with Crippen molar-refractivity contribution in [1.29, 1.82) is 0 Å². The van der Waals surface area contributed by atoms with Gasteiger partial charge in [-0.15, -0.1) is 13.2 Å². The first-order valence-corrected chi connectivity index (χ1v) is 7.61. The quantitative estimate of drug-likeness (QED) is 0.735. The predicted octanol–water partition coefficient (Wildman–Crippen LogP) is 2.61. The van der Waals surface area contributed by atoms with Crippen molar-refractivity contribution in [3.05, 3.63) is 25.3 Å². The summed E-state index contributed by atoms with van der Waals surface area (Å²) in [7, 11) is 3.19. The summed E-state index contributed by atoms with van der Waals surface area (Å²) in [5.74, 6) is 1.02. The van der Waals surface area contributed by atoms with Crippen LogP contribution in [-0.2, 0) is 9.47 Å². The van der Waals surface area contributed by atoms with Crippen LogP contribution in [0.1, 0.15) is 26.7 Å². The van der Waals surface area contributed by atoms with Gasteiger partial charge in [0.1, 0.15) is 11.6 Å². The van der Waals surface area contributed by atoms with Crippen LogP contribution >= 0.6 is 0 Å². The van der Waals surface area contributed by atoms with E-state index in [4.69, 9.17) is 19.5 Å². The zero-order valence-corrected chi connectivity index (χ0v) is 14.1. The van der Waals surface area contributed by atoms with Crippen molar-refractivity contribution in [3.8, 4) is 0 Å². The smallest absolute Gasteiger partial charge is 0.213 e. The Morgan fingerprint density at radius 1 is 1.32 bits per heavy atom. The summed E-state index contributed by atoms with van der Waals surface area (Å²) in [4.78, 5) is 9.55. The van der Waals surface area contributed by atoms with E-state index >= 15 is 0 Å². The molecular weight excluding hydrogens is 280 g/mol. The largest absolute Gasteiger partial charge is 0.483 e. The Morgan fingerprint density at radius 2 is 2.00 bits per heavy atom. The molecule has 1 rings (SSSR count). The molecule has 0 spiro atoms. The van der Waals surface area contributed by atoms with Crippen LogP contribution in [0.2, 0.25) is 0 Å². The fourth-order valence-electron chi connectivity index (χ4n) is 2.77. The number of ether oxygens (including phenoxy) is 2. The Morgan fingerprint density at radius 3 is 2.41 bits per heavy atom. The van der Waals surface area contributed by atoms with Gasteiger partial charge in [0.25, 0.3) is 0 Å². The van der Waals surface area contributed by atoms with Gasteiger partial charge in [-0.2, -0.15) is 0 Å². The van der Waals surface area contributed by atoms with E-state index < -0.39 is 5.54 Å². The SMILES string of the molecule is C=CCC[C@@]1([C@H](C=C)CO)N=C(OC)[C@@H](C(C)C)N=C1OC. The van der Waals surface area contributed by atoms with Crippen LogP contribution in [0.15, 0.2) is 35.3 Å². The zero-order chi connectivity index (χ0) is 16.8. The number of aliphatic imine (C=N–C) groups is 2. The number of hydrogen-bond acceptors (Lipinski definition) is 5. The average molecular weight is 308 g/mol. The van der Waals surface area contributed by atoms with Crippen LogP contribution in [0.5, 0.6) is 0 Å². The van der Waals surface area contributed by atoms with Crippen LogP contribution in [0.25, 0.3) is 0 Å². The summed E-state index contributed by atoms with van der Waals surface area (Å²) in [6.07, 6.45) is 4.87. The molecule has 0 fully saturated rings. The first-order valence-electron chi connectivity index (χ1n) is 7.61. The van der Waals surface area contributed by atoms with Crippen molar-refractivity contribution in [2.75, 3.05) is 20.8 Å². The number of allylic oxidation sites excluding steroid dienone is 1. The van der Waals surface area contributed by atoms with Gasteiger partial charge in [-0.25, -0.2) is 9.98 Å². The third-order valence-corrected chi connectivity index (χ3v) is 4.05. The number of methoxy groups -OCH3 is 2. The fraction of sp³-hybridized carbons (Fsp3) is 0.647. The molecule has 22 heavy (non-hydrogen) atoms. The molecule has 0 bridgehead atoms. The lowest BCUT2D eigenvalue weighted by molar-refractivity contribution is 0.187. The molecule has 0 unspecified atom stereocenters. The highest BCUT2D eigenvalue weighted by molar-refractivity contribution is 5.97. The molecule has 0 saturated carbocycles. The molecule has 0 aromatic heterocycles. The Bertz CT molecular complexity index is 457. The summed E-state index contributed by atoms with van der Waals surface area (Å²) < 4.78 is 11.0. The van der Waals surface area contributed by atoms with E-state index in [1.165, 1.54) is 0 Å². The lowest BCUT2D eigenvalue weighted by Crippen LogP contribution is -2.51. The van der Waals surface area contributed by atoms with Gasteiger partial charge in [0.2, 0.25) is 11.8 Å². The minimum atomic E-state index is -0.795. The van der Waals surface area contributed by atoms with Crippen LogP contribution in [0.4, 0.5) is 0 Å². The molecule has 0 amide bonds. The number of aliphatic hydroxyl groups excluding tert-OH is 1. The number of aliphatic hydroxyl groups is 1. The molecule has 1 aliphatic heterocycles. The zero-order valence-electron chi connectivity index (χ0n) is 14.1. The van der Waals surface area contributed by atoms with E-state index in [1.54, 1.807) is 20.3 Å². The van der Waals surface area contributed by atoms with E-state index in [-0.39, 0.29) is 24.5 Å². The third kappa shape index (κ3) is 3.40. The highest BCUT2D eigenvalue weighted by Crippen LogP contribution is 2.35. The highest BCUT2D eigenvalue weighted by Gasteiger charge is 2.47. The van der Waals surface area contributed by atoms with Crippen LogP contribution < -0.4 is 0 Å². The highest BCUT2D eigenvalue weighted by atomic mass is 16.5. The molecule has 0 aromatic rings. The van der Waals surface area contributed by atoms with Crippen LogP contribution in [-0.4, -0.2) is 49.3 Å². The minimum absolute atomic E-state index is 0.0874. The summed E-state index contributed by atoms with van der Waals surface area (Å²) in [5, 5.41) is 9.77. The van der Waals surface area contributed by atoms with E-state index in [1.807, 2.05) is 6.08 Å². The van der Waals surface area contributed by atoms with Gasteiger partial charge in [0, 0.05) is 5.92 Å². The average Bonchev–Trinajstić information content (AvgIpc) is 2.53. The van der Waals surface area contributed by atoms with Crippen molar-refractivity contribution in [3.63, 3.8) is 0 Å². The second-order valence-corrected chi connectivity index (χ2v) is 5.76. The molecule has 1 aliphatic rings. The predicted molar refractivity (Wildman–Crippen MR) is 90.4 cm³/mol. The molecule has 1 N–H and O–H groups in total. The topological polar surface area (TPSA) is 63.4 Å². The first-order chi connectivity index (χ1) is 10.5. The minimum Gasteiger partial charge on any atom is -0.483 e. The summed E-state index contributed by atoms with van der Waals surface area (Å²) in [6.45, 7) is 11.6. The molecule has 5 nitrogen and oxygen atoms in total. The lowest BCUT2D eigenvalue weighted by atomic mass is 9.79. The van der Waals surface area contributed by atoms with Crippen molar-refractivity contribution >= 4 is 11.8 Å². The molecule has 124 valence electrons. The van der Waals surface area contributed by atoms with Crippen molar-refractivity contribution in [2.45, 2.75) is 38.3 Å². The van der Waals surface area contributed by atoms with Gasteiger partial charge < -0.3 is 14.6 Å². The third-order valence-electron chi connectivity index (χ3n) is 4.05. The Kier molecular flexibility index (Phi) is 6.81. The number of rotatable bonds is 7. The maximum absolute atomic E-state index is 9.77. The number of nitrogens with zero attached hydrogens (tertiary/aromatic N) is 2. The van der Waals surface area contributed by atoms with Crippen molar-refractivity contribution in [1.82, 2.24) is 0 Å². The molecular formula is C17H28N2O3. The Balaban J connectivity index is 3.43. The molecule has 0 radical (unpaired) electrons. The van der Waals surface area contributed by atoms with E-state index in [0.717, 1.165) is 6.42 Å². The summed E-state index contributed by atoms with van der Waals surface area (Å²) in [6, 6.07) is -0.180. The second-order valence-electron chi connectivity index (χ2n) is 5.76. The maximum Gasteiger partial charge on any atom is 0.213 e.